The van der Waals surface area contributed by atoms with Crippen molar-refractivity contribution in [3.8, 4) is 0 Å². The van der Waals surface area contributed by atoms with E-state index in [4.69, 9.17) is 10.2 Å². The van der Waals surface area contributed by atoms with Crippen LogP contribution in [-0.2, 0) is 19.1 Å². The normalized spacial score (nSPS) is 6.93. The molecule has 0 saturated heterocycles. The molecular formula is C8H10N2O4. The van der Waals surface area contributed by atoms with Crippen molar-refractivity contribution in [2.75, 3.05) is 13.2 Å². The van der Waals surface area contributed by atoms with Crippen LogP contribution in [-0.4, -0.2) is 31.3 Å². The zero-order valence-electron chi connectivity index (χ0n) is 7.70. The molecule has 0 atom stereocenters. The van der Waals surface area contributed by atoms with E-state index in [1.165, 1.54) is 6.08 Å². The quantitative estimate of drug-likeness (QED) is 0.231. The number of esters is 1. The average Bonchev–Trinajstić information content (AvgIpc) is 2.13. The van der Waals surface area contributed by atoms with Gasteiger partial charge in [-0.3, -0.25) is 0 Å². The Morgan fingerprint density at radius 2 is 2.07 bits per heavy atom. The minimum atomic E-state index is -0.467. The third kappa shape index (κ3) is 12.6. The van der Waals surface area contributed by atoms with Gasteiger partial charge in [-0.05, 0) is 6.92 Å². The van der Waals surface area contributed by atoms with Gasteiger partial charge in [-0.1, -0.05) is 6.58 Å². The van der Waals surface area contributed by atoms with Crippen LogP contribution in [0.4, 0.5) is 0 Å². The summed E-state index contributed by atoms with van der Waals surface area (Å²) in [6, 6.07) is 0. The number of nitrogens with zero attached hydrogens (tertiary/aromatic N) is 1. The van der Waals surface area contributed by atoms with E-state index >= 15 is 0 Å². The highest BCUT2D eigenvalue weighted by Crippen LogP contribution is 1.90. The van der Waals surface area contributed by atoms with Crippen LogP contribution < -0.4 is 0 Å². The maximum absolute atomic E-state index is 10.6. The molecule has 0 aromatic carbocycles. The van der Waals surface area contributed by atoms with Gasteiger partial charge in [0, 0.05) is 5.57 Å². The summed E-state index contributed by atoms with van der Waals surface area (Å²) >= 11 is 0. The summed E-state index contributed by atoms with van der Waals surface area (Å²) in [6.07, 6.45) is 2.08. The van der Waals surface area contributed by atoms with Crippen LogP contribution in [0.25, 0.3) is 0 Å². The molecule has 0 heterocycles. The van der Waals surface area contributed by atoms with Crippen molar-refractivity contribution >= 4 is 18.1 Å². The average molecular weight is 198 g/mol. The molecule has 0 saturated carbocycles. The molecule has 6 heteroatoms. The standard InChI is InChI=1S/C7H9NO3.CHNO/c1-6(2)7(10)11-4-3-8-5-9;2-1-3/h1,3-4H2,2H3;2H. The topological polar surface area (TPSA) is 96.7 Å². The Morgan fingerprint density at radius 1 is 1.57 bits per heavy atom. The lowest BCUT2D eigenvalue weighted by Gasteiger charge is -1.99. The Kier molecular flexibility index (Phi) is 11.4. The number of rotatable bonds is 4. The van der Waals surface area contributed by atoms with Crippen molar-refractivity contribution in [1.29, 1.82) is 5.41 Å². The van der Waals surface area contributed by atoms with E-state index in [1.807, 2.05) is 0 Å². The van der Waals surface area contributed by atoms with Gasteiger partial charge in [0.2, 0.25) is 12.2 Å². The minimum absolute atomic E-state index is 0.0981. The van der Waals surface area contributed by atoms with E-state index in [0.717, 1.165) is 6.08 Å². The first-order chi connectivity index (χ1) is 6.59. The zero-order chi connectivity index (χ0) is 11.4. The maximum atomic E-state index is 10.6. The molecule has 0 unspecified atom stereocenters. The highest BCUT2D eigenvalue weighted by molar-refractivity contribution is 5.86. The van der Waals surface area contributed by atoms with Crippen molar-refractivity contribution in [1.82, 2.24) is 0 Å². The molecule has 1 N–H and O–H groups in total. The van der Waals surface area contributed by atoms with Gasteiger partial charge in [0.1, 0.15) is 6.61 Å². The molecule has 14 heavy (non-hydrogen) atoms. The van der Waals surface area contributed by atoms with E-state index in [1.54, 1.807) is 6.92 Å². The fourth-order valence-corrected chi connectivity index (χ4v) is 0.353. The second-order valence-electron chi connectivity index (χ2n) is 1.99. The van der Waals surface area contributed by atoms with Crippen molar-refractivity contribution in [2.24, 2.45) is 4.99 Å². The molecule has 76 valence electrons. The summed E-state index contributed by atoms with van der Waals surface area (Å²) in [4.78, 5) is 31.7. The molecule has 0 radical (unpaired) electrons. The van der Waals surface area contributed by atoms with E-state index in [0.29, 0.717) is 5.57 Å². The van der Waals surface area contributed by atoms with Crippen LogP contribution >= 0.6 is 0 Å². The number of aliphatic imine (C=N–C) groups is 1. The largest absolute Gasteiger partial charge is 0.460 e. The molecule has 0 aliphatic carbocycles. The van der Waals surface area contributed by atoms with E-state index in [-0.39, 0.29) is 13.2 Å². The summed E-state index contributed by atoms with van der Waals surface area (Å²) in [6.45, 7) is 5.17. The molecule has 0 spiro atoms. The maximum Gasteiger partial charge on any atom is 0.333 e. The third-order valence-electron chi connectivity index (χ3n) is 0.849. The Hall–Kier alpha value is -2.03. The number of carbonyl (C=O) groups excluding carboxylic acids is 3. The molecule has 6 nitrogen and oxygen atoms in total. The van der Waals surface area contributed by atoms with Crippen molar-refractivity contribution in [3.63, 3.8) is 0 Å². The molecule has 0 rings (SSSR count). The summed E-state index contributed by atoms with van der Waals surface area (Å²) in [5.74, 6) is -0.467. The summed E-state index contributed by atoms with van der Waals surface area (Å²) < 4.78 is 4.59. The predicted molar refractivity (Wildman–Crippen MR) is 47.2 cm³/mol. The van der Waals surface area contributed by atoms with Gasteiger partial charge in [0.15, 0.2) is 0 Å². The summed E-state index contributed by atoms with van der Waals surface area (Å²) in [5.41, 5.74) is 0.333. The molecule has 0 aliphatic rings. The fraction of sp³-hybridized carbons (Fsp3) is 0.375. The zero-order valence-corrected chi connectivity index (χ0v) is 7.70. The highest BCUT2D eigenvalue weighted by Gasteiger charge is 2.00. The van der Waals surface area contributed by atoms with E-state index in [9.17, 15) is 9.59 Å². The van der Waals surface area contributed by atoms with E-state index in [2.05, 4.69) is 16.3 Å². The van der Waals surface area contributed by atoms with Crippen LogP contribution in [0.2, 0.25) is 0 Å². The number of carbonyl (C=O) groups is 1. The van der Waals surface area contributed by atoms with Gasteiger partial charge >= 0.3 is 5.97 Å². The Labute approximate surface area is 80.8 Å². The van der Waals surface area contributed by atoms with Gasteiger partial charge in [0.05, 0.1) is 6.54 Å². The molecule has 0 amide bonds. The SMILES string of the molecule is C=C(C)C(=O)OCCN=C=O.N=C=O. The van der Waals surface area contributed by atoms with Crippen molar-refractivity contribution in [2.45, 2.75) is 6.92 Å². The van der Waals surface area contributed by atoms with Crippen LogP contribution in [0.5, 0.6) is 0 Å². The van der Waals surface area contributed by atoms with Gasteiger partial charge in [-0.15, -0.1) is 0 Å². The second kappa shape index (κ2) is 11.0. The van der Waals surface area contributed by atoms with Crippen LogP contribution in [0, 0.1) is 5.41 Å². The summed E-state index contributed by atoms with van der Waals surface area (Å²) in [5, 5.41) is 5.40. The lowest BCUT2D eigenvalue weighted by atomic mass is 10.4. The molecule has 0 aromatic heterocycles. The highest BCUT2D eigenvalue weighted by atomic mass is 16.5. The Morgan fingerprint density at radius 3 is 2.43 bits per heavy atom. The molecule has 0 fully saturated rings. The molecule has 0 bridgehead atoms. The van der Waals surface area contributed by atoms with Crippen LogP contribution in [0.3, 0.4) is 0 Å². The van der Waals surface area contributed by atoms with Gasteiger partial charge < -0.3 is 4.74 Å². The summed E-state index contributed by atoms with van der Waals surface area (Å²) in [7, 11) is 0. The van der Waals surface area contributed by atoms with E-state index < -0.39 is 5.97 Å². The number of nitrogens with one attached hydrogen (secondary N) is 1. The molecular weight excluding hydrogens is 188 g/mol. The Bertz CT molecular complexity index is 273. The lowest BCUT2D eigenvalue weighted by molar-refractivity contribution is -0.138. The van der Waals surface area contributed by atoms with Crippen molar-refractivity contribution in [3.05, 3.63) is 12.2 Å². The number of isocyanates is 2. The predicted octanol–water partition coefficient (Wildman–Crippen LogP) is 0.342. The lowest BCUT2D eigenvalue weighted by Crippen LogP contribution is -2.07. The first-order valence-corrected chi connectivity index (χ1v) is 3.50. The Balaban J connectivity index is 0. The monoisotopic (exact) mass is 198 g/mol. The van der Waals surface area contributed by atoms with Crippen molar-refractivity contribution < 1.29 is 19.1 Å². The smallest absolute Gasteiger partial charge is 0.333 e. The number of ether oxygens (including phenoxy) is 1. The van der Waals surface area contributed by atoms with Gasteiger partial charge in [-0.25, -0.2) is 24.8 Å². The fourth-order valence-electron chi connectivity index (χ4n) is 0.353. The molecule has 0 aromatic rings. The van der Waals surface area contributed by atoms with Crippen LogP contribution in [0.15, 0.2) is 17.1 Å². The van der Waals surface area contributed by atoms with Crippen LogP contribution in [0.1, 0.15) is 6.92 Å². The van der Waals surface area contributed by atoms with Gasteiger partial charge in [0.25, 0.3) is 0 Å². The first-order valence-electron chi connectivity index (χ1n) is 3.50. The third-order valence-corrected chi connectivity index (χ3v) is 0.849. The van der Waals surface area contributed by atoms with Gasteiger partial charge in [-0.2, -0.15) is 0 Å². The first kappa shape index (κ1) is 14.5. The second-order valence-corrected chi connectivity index (χ2v) is 1.99. The number of hydrogen-bond donors (Lipinski definition) is 1. The minimum Gasteiger partial charge on any atom is -0.460 e. The number of hydrogen-bond acceptors (Lipinski definition) is 6. The molecule has 0 aliphatic heterocycles.